The molecule has 0 aliphatic heterocycles. The molecule has 0 unspecified atom stereocenters. The van der Waals surface area contributed by atoms with E-state index in [4.69, 9.17) is 9.47 Å². The highest BCUT2D eigenvalue weighted by atomic mass is 16.5. The molecular weight excluding hydrogens is 502 g/mol. The van der Waals surface area contributed by atoms with Crippen molar-refractivity contribution in [1.82, 2.24) is 9.47 Å². The number of hydrogen-bond donors (Lipinski definition) is 1. The molecule has 0 atom stereocenters. The largest absolute Gasteiger partial charge is 0.493 e. The van der Waals surface area contributed by atoms with Crippen molar-refractivity contribution < 1.29 is 14.3 Å². The fourth-order valence-electron chi connectivity index (χ4n) is 5.14. The van der Waals surface area contributed by atoms with Gasteiger partial charge in [0.1, 0.15) is 0 Å². The highest BCUT2D eigenvalue weighted by molar-refractivity contribution is 6.13. The molecule has 204 valence electrons. The van der Waals surface area contributed by atoms with E-state index in [1.807, 2.05) is 78.3 Å². The average molecular weight is 536 g/mol. The fraction of sp³-hybridized carbons (Fsp3) is 0.212. The summed E-state index contributed by atoms with van der Waals surface area (Å²) in [7, 11) is 7.25. The standard InChI is InChI=1S/C33H33N3O4/c1-35(21-23-14-17-29(39-3)30(20-23)40-4)19-18-22-12-15-24(16-13-22)34-33(38)27-10-7-9-26-31(27)36(2)28-11-6-5-8-25(28)32(26)37/h5-17,20H,18-19,21H2,1-4H3,(H,34,38). The Kier molecular flexibility index (Phi) is 7.84. The molecule has 7 nitrogen and oxygen atoms in total. The lowest BCUT2D eigenvalue weighted by molar-refractivity contribution is 0.102. The van der Waals surface area contributed by atoms with Crippen LogP contribution in [-0.2, 0) is 20.0 Å². The maximum absolute atomic E-state index is 13.3. The van der Waals surface area contributed by atoms with E-state index in [0.717, 1.165) is 42.1 Å². The molecule has 0 radical (unpaired) electrons. The van der Waals surface area contributed by atoms with E-state index in [9.17, 15) is 9.59 Å². The number of anilines is 1. The molecule has 0 fully saturated rings. The Morgan fingerprint density at radius 1 is 0.850 bits per heavy atom. The molecule has 0 saturated heterocycles. The van der Waals surface area contributed by atoms with Crippen molar-refractivity contribution in [1.29, 1.82) is 0 Å². The second-order valence-electron chi connectivity index (χ2n) is 9.94. The van der Waals surface area contributed by atoms with Crippen LogP contribution in [0.5, 0.6) is 11.5 Å². The monoisotopic (exact) mass is 535 g/mol. The Hall–Kier alpha value is -4.62. The Labute approximate surface area is 233 Å². The zero-order valence-corrected chi connectivity index (χ0v) is 23.2. The van der Waals surface area contributed by atoms with Gasteiger partial charge in [-0.05, 0) is 73.1 Å². The van der Waals surface area contributed by atoms with E-state index >= 15 is 0 Å². The van der Waals surface area contributed by atoms with Crippen molar-refractivity contribution in [3.05, 3.63) is 112 Å². The first-order valence-corrected chi connectivity index (χ1v) is 13.2. The van der Waals surface area contributed by atoms with Gasteiger partial charge in [0.2, 0.25) is 0 Å². The van der Waals surface area contributed by atoms with Crippen molar-refractivity contribution in [3.8, 4) is 11.5 Å². The molecule has 1 heterocycles. The van der Waals surface area contributed by atoms with Crippen LogP contribution in [0.3, 0.4) is 0 Å². The first kappa shape index (κ1) is 27.0. The minimum absolute atomic E-state index is 0.0706. The highest BCUT2D eigenvalue weighted by Gasteiger charge is 2.16. The van der Waals surface area contributed by atoms with Gasteiger partial charge in [-0.2, -0.15) is 0 Å². The molecule has 1 N–H and O–H groups in total. The van der Waals surface area contributed by atoms with Gasteiger partial charge >= 0.3 is 0 Å². The summed E-state index contributed by atoms with van der Waals surface area (Å²) in [6.07, 6.45) is 0.872. The first-order valence-electron chi connectivity index (χ1n) is 13.2. The molecular formula is C33H33N3O4. The number of aromatic nitrogens is 1. The Morgan fingerprint density at radius 2 is 1.55 bits per heavy atom. The minimum Gasteiger partial charge on any atom is -0.493 e. The number of hydrogen-bond acceptors (Lipinski definition) is 5. The number of carbonyl (C=O) groups is 1. The normalized spacial score (nSPS) is 11.2. The maximum atomic E-state index is 13.3. The van der Waals surface area contributed by atoms with Crippen molar-refractivity contribution in [2.24, 2.45) is 7.05 Å². The zero-order valence-electron chi connectivity index (χ0n) is 23.2. The number of nitrogens with one attached hydrogen (secondary N) is 1. The molecule has 40 heavy (non-hydrogen) atoms. The smallest absolute Gasteiger partial charge is 0.257 e. The number of amides is 1. The molecule has 0 bridgehead atoms. The van der Waals surface area contributed by atoms with Gasteiger partial charge in [0.25, 0.3) is 5.91 Å². The number of benzene rings is 4. The van der Waals surface area contributed by atoms with Gasteiger partial charge in [-0.15, -0.1) is 0 Å². The second-order valence-corrected chi connectivity index (χ2v) is 9.94. The van der Waals surface area contributed by atoms with Crippen molar-refractivity contribution in [2.45, 2.75) is 13.0 Å². The number of carbonyl (C=O) groups excluding carboxylic acids is 1. The summed E-state index contributed by atoms with van der Waals surface area (Å²) in [5.41, 5.74) is 4.84. The lowest BCUT2D eigenvalue weighted by Gasteiger charge is -2.18. The van der Waals surface area contributed by atoms with Crippen LogP contribution in [0, 0.1) is 0 Å². The van der Waals surface area contributed by atoms with E-state index in [-0.39, 0.29) is 11.3 Å². The van der Waals surface area contributed by atoms with Crippen molar-refractivity contribution >= 4 is 33.4 Å². The number of fused-ring (bicyclic) bond motifs is 2. The van der Waals surface area contributed by atoms with Crippen LogP contribution in [0.25, 0.3) is 21.8 Å². The number of para-hydroxylation sites is 2. The summed E-state index contributed by atoms with van der Waals surface area (Å²) in [5, 5.41) is 4.17. The lowest BCUT2D eigenvalue weighted by atomic mass is 10.0. The third-order valence-corrected chi connectivity index (χ3v) is 7.27. The van der Waals surface area contributed by atoms with E-state index < -0.39 is 0 Å². The Morgan fingerprint density at radius 3 is 2.30 bits per heavy atom. The van der Waals surface area contributed by atoms with E-state index in [1.54, 1.807) is 32.4 Å². The summed E-state index contributed by atoms with van der Waals surface area (Å²) in [4.78, 5) is 28.7. The Balaban J connectivity index is 1.26. The lowest BCUT2D eigenvalue weighted by Crippen LogP contribution is -2.20. The molecule has 0 aliphatic rings. The van der Waals surface area contributed by atoms with Gasteiger partial charge in [0, 0.05) is 36.6 Å². The molecule has 1 aromatic heterocycles. The SMILES string of the molecule is COc1ccc(CN(C)CCc2ccc(NC(=O)c3cccc4c(=O)c5ccccc5n(C)c34)cc2)cc1OC. The zero-order chi connectivity index (χ0) is 28.2. The summed E-state index contributed by atoms with van der Waals surface area (Å²) in [6, 6.07) is 26.6. The molecule has 5 rings (SSSR count). The van der Waals surface area contributed by atoms with E-state index in [1.165, 1.54) is 5.56 Å². The predicted molar refractivity (Wildman–Crippen MR) is 161 cm³/mol. The second kappa shape index (κ2) is 11.6. The number of aryl methyl sites for hydroxylation is 1. The first-order chi connectivity index (χ1) is 19.4. The molecule has 5 aromatic rings. The predicted octanol–water partition coefficient (Wildman–Crippen LogP) is 5.64. The molecule has 1 amide bonds. The van der Waals surface area contributed by atoms with Gasteiger partial charge < -0.3 is 24.3 Å². The summed E-state index contributed by atoms with van der Waals surface area (Å²) >= 11 is 0. The number of likely N-dealkylation sites (N-methyl/N-ethyl adjacent to an activating group) is 1. The van der Waals surface area contributed by atoms with Gasteiger partial charge in [0.05, 0.1) is 30.8 Å². The van der Waals surface area contributed by atoms with Crippen LogP contribution < -0.4 is 20.2 Å². The molecule has 7 heteroatoms. The van der Waals surface area contributed by atoms with Crippen molar-refractivity contribution in [3.63, 3.8) is 0 Å². The number of pyridine rings is 1. The maximum Gasteiger partial charge on any atom is 0.257 e. The van der Waals surface area contributed by atoms with Gasteiger partial charge in [-0.1, -0.05) is 36.4 Å². The summed E-state index contributed by atoms with van der Waals surface area (Å²) < 4.78 is 12.7. The van der Waals surface area contributed by atoms with Gasteiger partial charge in [0.15, 0.2) is 16.9 Å². The van der Waals surface area contributed by atoms with Crippen LogP contribution in [0.4, 0.5) is 5.69 Å². The van der Waals surface area contributed by atoms with Crippen LogP contribution in [0.2, 0.25) is 0 Å². The molecule has 0 saturated carbocycles. The molecule has 0 aliphatic carbocycles. The van der Waals surface area contributed by atoms with Crippen LogP contribution in [0.15, 0.2) is 89.7 Å². The minimum atomic E-state index is -0.252. The van der Waals surface area contributed by atoms with Gasteiger partial charge in [-0.25, -0.2) is 0 Å². The Bertz CT molecular complexity index is 1740. The molecule has 0 spiro atoms. The van der Waals surface area contributed by atoms with Crippen molar-refractivity contribution in [2.75, 3.05) is 33.1 Å². The van der Waals surface area contributed by atoms with E-state index in [0.29, 0.717) is 27.5 Å². The van der Waals surface area contributed by atoms with Crippen LogP contribution in [0.1, 0.15) is 21.5 Å². The van der Waals surface area contributed by atoms with Crippen LogP contribution >= 0.6 is 0 Å². The number of ether oxygens (including phenoxy) is 2. The van der Waals surface area contributed by atoms with Crippen LogP contribution in [-0.4, -0.2) is 43.2 Å². The number of methoxy groups -OCH3 is 2. The third kappa shape index (κ3) is 5.42. The topological polar surface area (TPSA) is 72.8 Å². The fourth-order valence-corrected chi connectivity index (χ4v) is 5.14. The van der Waals surface area contributed by atoms with Gasteiger partial charge in [-0.3, -0.25) is 9.59 Å². The molecule has 4 aromatic carbocycles. The highest BCUT2D eigenvalue weighted by Crippen LogP contribution is 2.28. The summed E-state index contributed by atoms with van der Waals surface area (Å²) in [6.45, 7) is 1.66. The quantitative estimate of drug-likeness (QED) is 0.248. The average Bonchev–Trinajstić information content (AvgIpc) is 2.99. The van der Waals surface area contributed by atoms with E-state index in [2.05, 4.69) is 17.3 Å². The number of rotatable bonds is 9. The summed E-state index contributed by atoms with van der Waals surface area (Å²) in [5.74, 6) is 1.20. The number of nitrogens with zero attached hydrogens (tertiary/aromatic N) is 2. The third-order valence-electron chi connectivity index (χ3n) is 7.27.